The van der Waals surface area contributed by atoms with Crippen LogP contribution in [-0.2, 0) is 13.0 Å². The molecule has 0 aromatic heterocycles. The summed E-state index contributed by atoms with van der Waals surface area (Å²) >= 11 is 0. The van der Waals surface area contributed by atoms with Crippen LogP contribution in [0.3, 0.4) is 0 Å². The summed E-state index contributed by atoms with van der Waals surface area (Å²) in [7, 11) is 0. The minimum atomic E-state index is 0. The second kappa shape index (κ2) is 6.43. The highest BCUT2D eigenvalue weighted by Crippen LogP contribution is 2.21. The maximum Gasteiger partial charge on any atom is 0.0178 e. The average molecular weight is 248 g/mol. The topological polar surface area (TPSA) is 26.0 Å². The van der Waals surface area contributed by atoms with Gasteiger partial charge in [-0.2, -0.15) is 0 Å². The van der Waals surface area contributed by atoms with E-state index in [0.29, 0.717) is 6.54 Å². The zero-order valence-electron chi connectivity index (χ0n) is 10.0. The van der Waals surface area contributed by atoms with E-state index in [1.165, 1.54) is 22.3 Å². The molecule has 0 radical (unpaired) electrons. The Balaban J connectivity index is 0.00000144. The predicted molar refractivity (Wildman–Crippen MR) is 76.4 cm³/mol. The van der Waals surface area contributed by atoms with E-state index in [1.807, 2.05) is 0 Å². The number of nitrogens with two attached hydrogens (primary N) is 1. The van der Waals surface area contributed by atoms with Crippen molar-refractivity contribution < 1.29 is 0 Å². The largest absolute Gasteiger partial charge is 0.326 e. The van der Waals surface area contributed by atoms with Gasteiger partial charge >= 0.3 is 0 Å². The van der Waals surface area contributed by atoms with Gasteiger partial charge in [0.25, 0.3) is 0 Å². The smallest absolute Gasteiger partial charge is 0.0178 e. The van der Waals surface area contributed by atoms with Crippen molar-refractivity contribution in [3.63, 3.8) is 0 Å². The first kappa shape index (κ1) is 13.8. The highest BCUT2D eigenvalue weighted by Gasteiger charge is 1.98. The molecule has 0 saturated heterocycles. The summed E-state index contributed by atoms with van der Waals surface area (Å²) < 4.78 is 0. The SMILES string of the molecule is CCc1ccc(-c2cccc(CN)c2)cc1.Cl. The van der Waals surface area contributed by atoms with Crippen molar-refractivity contribution in [3.05, 3.63) is 59.7 Å². The molecular weight excluding hydrogens is 230 g/mol. The Hall–Kier alpha value is -1.31. The maximum atomic E-state index is 5.64. The quantitative estimate of drug-likeness (QED) is 0.877. The van der Waals surface area contributed by atoms with Crippen molar-refractivity contribution in [1.82, 2.24) is 0 Å². The number of halogens is 1. The van der Waals surface area contributed by atoms with Crippen molar-refractivity contribution in [1.29, 1.82) is 0 Å². The standard InChI is InChI=1S/C15H17N.ClH/c1-2-12-6-8-14(9-7-12)15-5-3-4-13(10-15)11-16;/h3-10H,2,11,16H2,1H3;1H. The van der Waals surface area contributed by atoms with Gasteiger partial charge in [-0.3, -0.25) is 0 Å². The maximum absolute atomic E-state index is 5.64. The predicted octanol–water partition coefficient (Wildman–Crippen LogP) is 3.80. The van der Waals surface area contributed by atoms with Crippen LogP contribution in [0.2, 0.25) is 0 Å². The molecular formula is C15H18ClN. The molecule has 1 nitrogen and oxygen atoms in total. The minimum absolute atomic E-state index is 0. The highest BCUT2D eigenvalue weighted by atomic mass is 35.5. The lowest BCUT2D eigenvalue weighted by Gasteiger charge is -2.05. The molecule has 2 rings (SSSR count). The zero-order valence-corrected chi connectivity index (χ0v) is 10.8. The third-order valence-electron chi connectivity index (χ3n) is 2.86. The number of aryl methyl sites for hydroxylation is 1. The van der Waals surface area contributed by atoms with Crippen LogP contribution in [0.15, 0.2) is 48.5 Å². The zero-order chi connectivity index (χ0) is 11.4. The molecule has 90 valence electrons. The Morgan fingerprint density at radius 3 is 2.18 bits per heavy atom. The Kier molecular flexibility index (Phi) is 5.20. The molecule has 0 aliphatic carbocycles. The molecule has 0 bridgehead atoms. The number of benzene rings is 2. The second-order valence-electron chi connectivity index (χ2n) is 3.95. The fraction of sp³-hybridized carbons (Fsp3) is 0.200. The summed E-state index contributed by atoms with van der Waals surface area (Å²) in [5.74, 6) is 0. The van der Waals surface area contributed by atoms with E-state index >= 15 is 0 Å². The van der Waals surface area contributed by atoms with Gasteiger partial charge in [0.2, 0.25) is 0 Å². The van der Waals surface area contributed by atoms with Crippen LogP contribution in [0.4, 0.5) is 0 Å². The Bertz CT molecular complexity index is 463. The van der Waals surface area contributed by atoms with Gasteiger partial charge in [-0.1, -0.05) is 49.4 Å². The first-order chi connectivity index (χ1) is 7.83. The lowest BCUT2D eigenvalue weighted by Crippen LogP contribution is -1.95. The van der Waals surface area contributed by atoms with Gasteiger partial charge in [0.15, 0.2) is 0 Å². The van der Waals surface area contributed by atoms with Gasteiger partial charge in [-0.05, 0) is 34.7 Å². The van der Waals surface area contributed by atoms with Gasteiger partial charge in [0, 0.05) is 6.54 Å². The van der Waals surface area contributed by atoms with Crippen molar-refractivity contribution in [2.24, 2.45) is 5.73 Å². The van der Waals surface area contributed by atoms with Crippen LogP contribution in [0.25, 0.3) is 11.1 Å². The molecule has 0 heterocycles. The molecule has 2 heteroatoms. The normalized spacial score (nSPS) is 9.76. The first-order valence-corrected chi connectivity index (χ1v) is 5.72. The minimum Gasteiger partial charge on any atom is -0.326 e. The van der Waals surface area contributed by atoms with Gasteiger partial charge in [0.1, 0.15) is 0 Å². The fourth-order valence-electron chi connectivity index (χ4n) is 1.81. The van der Waals surface area contributed by atoms with E-state index < -0.39 is 0 Å². The van der Waals surface area contributed by atoms with E-state index in [9.17, 15) is 0 Å². The lowest BCUT2D eigenvalue weighted by molar-refractivity contribution is 1.07. The lowest BCUT2D eigenvalue weighted by atomic mass is 10.0. The monoisotopic (exact) mass is 247 g/mol. The van der Waals surface area contributed by atoms with Crippen molar-refractivity contribution in [3.8, 4) is 11.1 Å². The van der Waals surface area contributed by atoms with E-state index in [2.05, 4.69) is 55.5 Å². The number of hydrogen-bond acceptors (Lipinski definition) is 1. The molecule has 0 atom stereocenters. The molecule has 2 aromatic rings. The number of rotatable bonds is 3. The Labute approximate surface area is 109 Å². The summed E-state index contributed by atoms with van der Waals surface area (Å²) in [4.78, 5) is 0. The van der Waals surface area contributed by atoms with E-state index in [4.69, 9.17) is 5.73 Å². The molecule has 2 aromatic carbocycles. The van der Waals surface area contributed by atoms with Crippen LogP contribution in [0.5, 0.6) is 0 Å². The third kappa shape index (κ3) is 3.32. The summed E-state index contributed by atoms with van der Waals surface area (Å²) in [5, 5.41) is 0. The second-order valence-corrected chi connectivity index (χ2v) is 3.95. The van der Waals surface area contributed by atoms with Crippen LogP contribution >= 0.6 is 12.4 Å². The fourth-order valence-corrected chi connectivity index (χ4v) is 1.81. The van der Waals surface area contributed by atoms with Crippen molar-refractivity contribution in [2.45, 2.75) is 19.9 Å². The van der Waals surface area contributed by atoms with Crippen LogP contribution < -0.4 is 5.73 Å². The molecule has 0 saturated carbocycles. The third-order valence-corrected chi connectivity index (χ3v) is 2.86. The van der Waals surface area contributed by atoms with E-state index in [-0.39, 0.29) is 12.4 Å². The molecule has 0 fully saturated rings. The van der Waals surface area contributed by atoms with Crippen molar-refractivity contribution in [2.75, 3.05) is 0 Å². The average Bonchev–Trinajstić information content (AvgIpc) is 2.39. The molecule has 0 aliphatic heterocycles. The van der Waals surface area contributed by atoms with E-state index in [1.54, 1.807) is 0 Å². The highest BCUT2D eigenvalue weighted by molar-refractivity contribution is 5.85. The summed E-state index contributed by atoms with van der Waals surface area (Å²) in [6.45, 7) is 2.77. The molecule has 17 heavy (non-hydrogen) atoms. The molecule has 0 aliphatic rings. The summed E-state index contributed by atoms with van der Waals surface area (Å²) in [5.41, 5.74) is 10.7. The summed E-state index contributed by atoms with van der Waals surface area (Å²) in [6, 6.07) is 17.1. The van der Waals surface area contributed by atoms with Gasteiger partial charge in [0.05, 0.1) is 0 Å². The molecule has 2 N–H and O–H groups in total. The molecule has 0 amide bonds. The van der Waals surface area contributed by atoms with Crippen molar-refractivity contribution >= 4 is 12.4 Å². The Morgan fingerprint density at radius 2 is 1.59 bits per heavy atom. The molecule has 0 unspecified atom stereocenters. The van der Waals surface area contributed by atoms with Crippen LogP contribution in [0, 0.1) is 0 Å². The van der Waals surface area contributed by atoms with Crippen LogP contribution in [0.1, 0.15) is 18.1 Å². The summed E-state index contributed by atoms with van der Waals surface area (Å²) in [6.07, 6.45) is 1.09. The van der Waals surface area contributed by atoms with Gasteiger partial charge in [-0.25, -0.2) is 0 Å². The number of hydrogen-bond donors (Lipinski definition) is 1. The van der Waals surface area contributed by atoms with Gasteiger partial charge < -0.3 is 5.73 Å². The molecule has 0 spiro atoms. The Morgan fingerprint density at radius 1 is 0.882 bits per heavy atom. The van der Waals surface area contributed by atoms with E-state index in [0.717, 1.165) is 6.42 Å². The van der Waals surface area contributed by atoms with Gasteiger partial charge in [-0.15, -0.1) is 12.4 Å². The van der Waals surface area contributed by atoms with Crippen LogP contribution in [-0.4, -0.2) is 0 Å². The first-order valence-electron chi connectivity index (χ1n) is 5.72.